The quantitative estimate of drug-likeness (QED) is 0.705. The van der Waals surface area contributed by atoms with Crippen molar-refractivity contribution in [2.45, 2.75) is 39.7 Å². The summed E-state index contributed by atoms with van der Waals surface area (Å²) in [5, 5.41) is 3.14. The topological polar surface area (TPSA) is 57.8 Å². The Hall–Kier alpha value is -2.62. The largest absolute Gasteiger partial charge is 0.346 e. The van der Waals surface area contributed by atoms with Gasteiger partial charge in [0.05, 0.1) is 17.1 Å². The van der Waals surface area contributed by atoms with Gasteiger partial charge in [-0.3, -0.25) is 4.79 Å². The Morgan fingerprint density at radius 1 is 1.12 bits per heavy atom. The van der Waals surface area contributed by atoms with Crippen molar-refractivity contribution in [3.63, 3.8) is 0 Å². The third-order valence-electron chi connectivity index (χ3n) is 4.45. The number of H-pyrrole nitrogens is 1. The average molecular weight is 335 g/mol. The van der Waals surface area contributed by atoms with E-state index in [4.69, 9.17) is 0 Å². The Kier molecular flexibility index (Phi) is 5.17. The van der Waals surface area contributed by atoms with Crippen molar-refractivity contribution in [3.8, 4) is 0 Å². The van der Waals surface area contributed by atoms with E-state index in [1.54, 1.807) is 0 Å². The van der Waals surface area contributed by atoms with Gasteiger partial charge in [0.2, 0.25) is 5.91 Å². The second-order valence-corrected chi connectivity index (χ2v) is 6.91. The summed E-state index contributed by atoms with van der Waals surface area (Å²) in [6.07, 6.45) is 1.23. The highest BCUT2D eigenvalue weighted by Gasteiger charge is 2.21. The maximum Gasteiger partial charge on any atom is 0.220 e. The van der Waals surface area contributed by atoms with Gasteiger partial charge in [-0.1, -0.05) is 55.8 Å². The smallest absolute Gasteiger partial charge is 0.220 e. The Morgan fingerprint density at radius 3 is 2.52 bits per heavy atom. The number of aryl methyl sites for hydroxylation is 2. The lowest BCUT2D eigenvalue weighted by Crippen LogP contribution is -2.32. The van der Waals surface area contributed by atoms with Gasteiger partial charge in [0.15, 0.2) is 0 Å². The van der Waals surface area contributed by atoms with Gasteiger partial charge >= 0.3 is 0 Å². The number of hydrogen-bond donors (Lipinski definition) is 2. The third-order valence-corrected chi connectivity index (χ3v) is 4.45. The number of para-hydroxylation sites is 2. The van der Waals surface area contributed by atoms with Crippen LogP contribution in [0.1, 0.15) is 43.3 Å². The van der Waals surface area contributed by atoms with Gasteiger partial charge in [-0.15, -0.1) is 0 Å². The molecule has 1 aromatic heterocycles. The molecule has 0 aliphatic heterocycles. The second-order valence-electron chi connectivity index (χ2n) is 6.91. The lowest BCUT2D eigenvalue weighted by molar-refractivity contribution is -0.122. The van der Waals surface area contributed by atoms with Crippen LogP contribution in [0.3, 0.4) is 0 Å². The molecule has 0 aliphatic carbocycles. The van der Waals surface area contributed by atoms with Gasteiger partial charge in [-0.05, 0) is 37.0 Å². The first kappa shape index (κ1) is 17.2. The molecule has 1 unspecified atom stereocenters. The van der Waals surface area contributed by atoms with Crippen molar-refractivity contribution < 1.29 is 4.79 Å². The number of rotatable bonds is 6. The molecule has 25 heavy (non-hydrogen) atoms. The van der Waals surface area contributed by atoms with Crippen molar-refractivity contribution in [3.05, 3.63) is 65.5 Å². The summed E-state index contributed by atoms with van der Waals surface area (Å²) in [5.41, 5.74) is 4.35. The zero-order valence-corrected chi connectivity index (χ0v) is 15.0. The molecule has 0 fully saturated rings. The van der Waals surface area contributed by atoms with Crippen LogP contribution in [0, 0.1) is 12.8 Å². The molecule has 130 valence electrons. The molecule has 0 saturated heterocycles. The fraction of sp³-hybridized carbons (Fsp3) is 0.333. The maximum absolute atomic E-state index is 12.4. The first-order chi connectivity index (χ1) is 12.0. The second kappa shape index (κ2) is 7.51. The van der Waals surface area contributed by atoms with Crippen LogP contribution in [0.25, 0.3) is 11.0 Å². The number of aromatic nitrogens is 2. The number of aromatic amines is 1. The zero-order valence-electron chi connectivity index (χ0n) is 15.0. The number of benzene rings is 2. The Labute approximate surface area is 148 Å². The Bertz CT molecular complexity index is 816. The molecule has 0 spiro atoms. The van der Waals surface area contributed by atoms with Crippen LogP contribution in [0.4, 0.5) is 0 Å². The first-order valence-electron chi connectivity index (χ1n) is 8.82. The van der Waals surface area contributed by atoms with Crippen molar-refractivity contribution in [1.29, 1.82) is 0 Å². The normalized spacial score (nSPS) is 12.5. The molecule has 0 saturated carbocycles. The highest BCUT2D eigenvalue weighted by Crippen LogP contribution is 2.22. The molecule has 2 aromatic carbocycles. The number of carbonyl (C=O) groups is 1. The minimum Gasteiger partial charge on any atom is -0.346 e. The van der Waals surface area contributed by atoms with Gasteiger partial charge in [0.25, 0.3) is 0 Å². The molecule has 4 heteroatoms. The van der Waals surface area contributed by atoms with Crippen molar-refractivity contribution in [2.75, 3.05) is 0 Å². The van der Waals surface area contributed by atoms with E-state index >= 15 is 0 Å². The minimum absolute atomic E-state index is 0.0553. The number of hydrogen-bond acceptors (Lipinski definition) is 2. The van der Waals surface area contributed by atoms with Crippen molar-refractivity contribution in [2.24, 2.45) is 5.92 Å². The number of imidazole rings is 1. The number of nitrogens with one attached hydrogen (secondary N) is 2. The van der Waals surface area contributed by atoms with Crippen LogP contribution in [-0.4, -0.2) is 15.9 Å². The average Bonchev–Trinajstić information content (AvgIpc) is 3.02. The summed E-state index contributed by atoms with van der Waals surface area (Å²) in [6.45, 7) is 6.26. The first-order valence-corrected chi connectivity index (χ1v) is 8.82. The van der Waals surface area contributed by atoms with E-state index in [2.05, 4.69) is 60.3 Å². The molecule has 1 heterocycles. The lowest BCUT2D eigenvalue weighted by atomic mass is 10.0. The Morgan fingerprint density at radius 2 is 1.84 bits per heavy atom. The molecule has 3 aromatic rings. The third kappa shape index (κ3) is 4.27. The predicted molar refractivity (Wildman–Crippen MR) is 101 cm³/mol. The summed E-state index contributed by atoms with van der Waals surface area (Å²) in [6, 6.07) is 16.2. The SMILES string of the molecule is Cc1ccc(CCC(=O)NC(c2nc3ccccc3[nH]2)C(C)C)cc1. The van der Waals surface area contributed by atoms with Crippen LogP contribution in [-0.2, 0) is 11.2 Å². The predicted octanol–water partition coefficient (Wildman–Crippen LogP) is 4.32. The molecular weight excluding hydrogens is 310 g/mol. The maximum atomic E-state index is 12.4. The fourth-order valence-electron chi connectivity index (χ4n) is 2.93. The van der Waals surface area contributed by atoms with Crippen LogP contribution >= 0.6 is 0 Å². The molecule has 2 N–H and O–H groups in total. The fourth-order valence-corrected chi connectivity index (χ4v) is 2.93. The van der Waals surface area contributed by atoms with Crippen LogP contribution in [0.2, 0.25) is 0 Å². The highest BCUT2D eigenvalue weighted by molar-refractivity contribution is 5.77. The standard InChI is InChI=1S/C21H25N3O/c1-14(2)20(21-22-17-6-4-5-7-18(17)23-21)24-19(25)13-12-16-10-8-15(3)9-11-16/h4-11,14,20H,12-13H2,1-3H3,(H,22,23)(H,24,25). The van der Waals surface area contributed by atoms with Gasteiger partial charge in [0.1, 0.15) is 5.82 Å². The van der Waals surface area contributed by atoms with Gasteiger partial charge < -0.3 is 10.3 Å². The highest BCUT2D eigenvalue weighted by atomic mass is 16.1. The van der Waals surface area contributed by atoms with E-state index in [1.165, 1.54) is 11.1 Å². The minimum atomic E-state index is -0.113. The molecule has 0 radical (unpaired) electrons. The lowest BCUT2D eigenvalue weighted by Gasteiger charge is -2.20. The molecule has 1 amide bonds. The number of fused-ring (bicyclic) bond motifs is 1. The van der Waals surface area contributed by atoms with E-state index < -0.39 is 0 Å². The van der Waals surface area contributed by atoms with Crippen LogP contribution < -0.4 is 5.32 Å². The summed E-state index contributed by atoms with van der Waals surface area (Å²) in [5.74, 6) is 1.13. The van der Waals surface area contributed by atoms with Crippen LogP contribution in [0.15, 0.2) is 48.5 Å². The zero-order chi connectivity index (χ0) is 17.8. The number of nitrogens with zero attached hydrogens (tertiary/aromatic N) is 1. The monoisotopic (exact) mass is 335 g/mol. The number of amides is 1. The molecule has 3 rings (SSSR count). The Balaban J connectivity index is 1.66. The van der Waals surface area contributed by atoms with E-state index in [0.29, 0.717) is 6.42 Å². The van der Waals surface area contributed by atoms with E-state index in [-0.39, 0.29) is 17.9 Å². The van der Waals surface area contributed by atoms with Crippen LogP contribution in [0.5, 0.6) is 0 Å². The van der Waals surface area contributed by atoms with Gasteiger partial charge in [-0.25, -0.2) is 4.98 Å². The van der Waals surface area contributed by atoms with E-state index in [0.717, 1.165) is 23.3 Å². The molecule has 0 bridgehead atoms. The molecular formula is C21H25N3O. The summed E-state index contributed by atoms with van der Waals surface area (Å²) in [7, 11) is 0. The van der Waals surface area contributed by atoms with Gasteiger partial charge in [0, 0.05) is 6.42 Å². The van der Waals surface area contributed by atoms with Gasteiger partial charge in [-0.2, -0.15) is 0 Å². The number of carbonyl (C=O) groups excluding carboxylic acids is 1. The van der Waals surface area contributed by atoms with E-state index in [9.17, 15) is 4.79 Å². The van der Waals surface area contributed by atoms with Crippen molar-refractivity contribution >= 4 is 16.9 Å². The van der Waals surface area contributed by atoms with E-state index in [1.807, 2.05) is 24.3 Å². The molecule has 4 nitrogen and oxygen atoms in total. The summed E-state index contributed by atoms with van der Waals surface area (Å²) < 4.78 is 0. The summed E-state index contributed by atoms with van der Waals surface area (Å²) >= 11 is 0. The van der Waals surface area contributed by atoms with Crippen molar-refractivity contribution in [1.82, 2.24) is 15.3 Å². The molecule has 1 atom stereocenters. The molecule has 0 aliphatic rings. The summed E-state index contributed by atoms with van der Waals surface area (Å²) in [4.78, 5) is 20.4.